The lowest BCUT2D eigenvalue weighted by Gasteiger charge is -2.10. The van der Waals surface area contributed by atoms with Crippen LogP contribution in [0.15, 0.2) is 6.20 Å². The SMILES string of the molecule is N#Cc1c(C(F)F)ncc(CO)c1CN. The number of pyridine rings is 1. The summed E-state index contributed by atoms with van der Waals surface area (Å²) >= 11 is 0. The van der Waals surface area contributed by atoms with E-state index in [9.17, 15) is 8.78 Å². The van der Waals surface area contributed by atoms with Gasteiger partial charge in [-0.15, -0.1) is 0 Å². The lowest BCUT2D eigenvalue weighted by atomic mass is 10.0. The van der Waals surface area contributed by atoms with E-state index in [-0.39, 0.29) is 24.3 Å². The fourth-order valence-electron chi connectivity index (χ4n) is 1.26. The van der Waals surface area contributed by atoms with Crippen molar-refractivity contribution in [2.75, 3.05) is 0 Å². The van der Waals surface area contributed by atoms with Crippen LogP contribution < -0.4 is 5.73 Å². The van der Waals surface area contributed by atoms with Gasteiger partial charge in [0, 0.05) is 18.3 Å². The van der Waals surface area contributed by atoms with Gasteiger partial charge in [0.25, 0.3) is 6.43 Å². The molecule has 15 heavy (non-hydrogen) atoms. The fourth-order valence-corrected chi connectivity index (χ4v) is 1.26. The Morgan fingerprint density at radius 3 is 2.67 bits per heavy atom. The summed E-state index contributed by atoms with van der Waals surface area (Å²) in [5.41, 5.74) is 5.04. The van der Waals surface area contributed by atoms with E-state index in [1.165, 1.54) is 0 Å². The molecule has 3 N–H and O–H groups in total. The van der Waals surface area contributed by atoms with E-state index in [2.05, 4.69) is 4.98 Å². The highest BCUT2D eigenvalue weighted by atomic mass is 19.3. The number of aromatic nitrogens is 1. The molecule has 1 rings (SSSR count). The van der Waals surface area contributed by atoms with Crippen molar-refractivity contribution in [2.45, 2.75) is 19.6 Å². The number of nitrogens with two attached hydrogens (primary N) is 1. The maximum Gasteiger partial charge on any atom is 0.281 e. The number of alkyl halides is 2. The average Bonchev–Trinajstić information content (AvgIpc) is 2.26. The minimum atomic E-state index is -2.82. The minimum Gasteiger partial charge on any atom is -0.392 e. The number of hydrogen-bond donors (Lipinski definition) is 2. The Morgan fingerprint density at radius 1 is 1.60 bits per heavy atom. The number of hydrogen-bond acceptors (Lipinski definition) is 4. The lowest BCUT2D eigenvalue weighted by Crippen LogP contribution is -2.09. The van der Waals surface area contributed by atoms with Crippen molar-refractivity contribution in [3.05, 3.63) is 28.6 Å². The summed E-state index contributed by atoms with van der Waals surface area (Å²) in [6, 6.07) is 1.64. The highest BCUT2D eigenvalue weighted by Gasteiger charge is 2.19. The van der Waals surface area contributed by atoms with E-state index in [1.807, 2.05) is 0 Å². The largest absolute Gasteiger partial charge is 0.392 e. The molecule has 1 aromatic rings. The molecule has 0 aliphatic rings. The number of aliphatic hydroxyl groups is 1. The quantitative estimate of drug-likeness (QED) is 0.779. The van der Waals surface area contributed by atoms with E-state index in [0.29, 0.717) is 5.56 Å². The molecule has 80 valence electrons. The van der Waals surface area contributed by atoms with E-state index in [1.54, 1.807) is 6.07 Å². The predicted octanol–water partition coefficient (Wildman–Crippen LogP) is 0.842. The van der Waals surface area contributed by atoms with Gasteiger partial charge in [-0.25, -0.2) is 8.78 Å². The Labute approximate surface area is 85.0 Å². The molecule has 0 bridgehead atoms. The van der Waals surface area contributed by atoms with Crippen molar-refractivity contribution >= 4 is 0 Å². The maximum atomic E-state index is 12.4. The zero-order chi connectivity index (χ0) is 11.4. The topological polar surface area (TPSA) is 82.9 Å². The van der Waals surface area contributed by atoms with E-state index in [4.69, 9.17) is 16.1 Å². The maximum absolute atomic E-state index is 12.4. The number of nitriles is 1. The zero-order valence-electron chi connectivity index (χ0n) is 7.74. The number of aliphatic hydroxyl groups excluding tert-OH is 1. The normalized spacial score (nSPS) is 10.4. The second kappa shape index (κ2) is 4.77. The van der Waals surface area contributed by atoms with Crippen LogP contribution in [0.3, 0.4) is 0 Å². The summed E-state index contributed by atoms with van der Waals surface area (Å²) in [5.74, 6) is 0. The molecule has 6 heteroatoms. The van der Waals surface area contributed by atoms with E-state index >= 15 is 0 Å². The van der Waals surface area contributed by atoms with Gasteiger partial charge < -0.3 is 10.8 Å². The van der Waals surface area contributed by atoms with Gasteiger partial charge in [0.05, 0.1) is 12.2 Å². The first-order chi connectivity index (χ1) is 7.15. The second-order valence-electron chi connectivity index (χ2n) is 2.80. The Balaban J connectivity index is 3.43. The van der Waals surface area contributed by atoms with Crippen LogP contribution in [-0.2, 0) is 13.2 Å². The van der Waals surface area contributed by atoms with Crippen LogP contribution in [-0.4, -0.2) is 10.1 Å². The summed E-state index contributed by atoms with van der Waals surface area (Å²) in [6.07, 6.45) is -1.71. The van der Waals surface area contributed by atoms with Crippen LogP contribution in [0.1, 0.15) is 28.8 Å². The van der Waals surface area contributed by atoms with Crippen LogP contribution in [0, 0.1) is 11.3 Å². The highest BCUT2D eigenvalue weighted by molar-refractivity contribution is 5.45. The summed E-state index contributed by atoms with van der Waals surface area (Å²) in [5, 5.41) is 17.6. The van der Waals surface area contributed by atoms with Gasteiger partial charge in [0.2, 0.25) is 0 Å². The van der Waals surface area contributed by atoms with Crippen LogP contribution >= 0.6 is 0 Å². The van der Waals surface area contributed by atoms with Crippen molar-refractivity contribution in [1.29, 1.82) is 5.26 Å². The molecule has 1 aromatic heterocycles. The first kappa shape index (κ1) is 11.5. The van der Waals surface area contributed by atoms with Gasteiger partial charge in [0.1, 0.15) is 11.8 Å². The van der Waals surface area contributed by atoms with Gasteiger partial charge in [-0.05, 0) is 5.56 Å². The molecule has 0 spiro atoms. The molecule has 0 saturated heterocycles. The number of rotatable bonds is 3. The number of halogens is 2. The molecule has 0 aliphatic carbocycles. The third-order valence-corrected chi connectivity index (χ3v) is 2.00. The molecule has 0 aliphatic heterocycles. The van der Waals surface area contributed by atoms with Crippen molar-refractivity contribution in [1.82, 2.24) is 4.98 Å². The molecule has 1 heterocycles. The summed E-state index contributed by atoms with van der Waals surface area (Å²) in [6.45, 7) is -0.460. The van der Waals surface area contributed by atoms with Crippen molar-refractivity contribution in [3.63, 3.8) is 0 Å². The molecule has 4 nitrogen and oxygen atoms in total. The first-order valence-electron chi connectivity index (χ1n) is 4.15. The molecule has 0 radical (unpaired) electrons. The van der Waals surface area contributed by atoms with Gasteiger partial charge in [-0.2, -0.15) is 5.26 Å². The summed E-state index contributed by atoms with van der Waals surface area (Å²) in [7, 11) is 0. The predicted molar refractivity (Wildman–Crippen MR) is 47.7 cm³/mol. The Kier molecular flexibility index (Phi) is 3.66. The van der Waals surface area contributed by atoms with Crippen LogP contribution in [0.2, 0.25) is 0 Å². The average molecular weight is 213 g/mol. The molecule has 0 aromatic carbocycles. The molecule has 0 atom stereocenters. The van der Waals surface area contributed by atoms with E-state index in [0.717, 1.165) is 6.20 Å². The monoisotopic (exact) mass is 213 g/mol. The smallest absolute Gasteiger partial charge is 0.281 e. The standard InChI is InChI=1S/C9H9F2N3O/c10-9(11)8-7(2-13)6(1-12)5(4-15)3-14-8/h3,9,15H,1,4,12H2. The number of nitrogens with zero attached hydrogens (tertiary/aromatic N) is 2. The Hall–Kier alpha value is -1.58. The molecular weight excluding hydrogens is 204 g/mol. The second-order valence-corrected chi connectivity index (χ2v) is 2.80. The van der Waals surface area contributed by atoms with E-state index < -0.39 is 12.1 Å². The first-order valence-corrected chi connectivity index (χ1v) is 4.15. The molecule has 0 fully saturated rings. The van der Waals surface area contributed by atoms with Crippen LogP contribution in [0.5, 0.6) is 0 Å². The Morgan fingerprint density at radius 2 is 2.27 bits per heavy atom. The van der Waals surface area contributed by atoms with Gasteiger partial charge >= 0.3 is 0 Å². The van der Waals surface area contributed by atoms with Crippen molar-refractivity contribution in [3.8, 4) is 6.07 Å². The summed E-state index contributed by atoms with van der Waals surface area (Å²) < 4.78 is 24.9. The highest BCUT2D eigenvalue weighted by Crippen LogP contribution is 2.24. The van der Waals surface area contributed by atoms with Crippen LogP contribution in [0.4, 0.5) is 8.78 Å². The minimum absolute atomic E-state index is 0.0823. The van der Waals surface area contributed by atoms with Gasteiger partial charge in [-0.3, -0.25) is 4.98 Å². The molecular formula is C9H9F2N3O. The van der Waals surface area contributed by atoms with Gasteiger partial charge in [-0.1, -0.05) is 0 Å². The van der Waals surface area contributed by atoms with Crippen molar-refractivity contribution in [2.24, 2.45) is 5.73 Å². The third-order valence-electron chi connectivity index (χ3n) is 2.00. The molecule has 0 unspecified atom stereocenters. The molecule has 0 amide bonds. The summed E-state index contributed by atoms with van der Waals surface area (Å²) in [4.78, 5) is 3.44. The van der Waals surface area contributed by atoms with Gasteiger partial charge in [0.15, 0.2) is 0 Å². The molecule has 0 saturated carbocycles. The van der Waals surface area contributed by atoms with Crippen LogP contribution in [0.25, 0.3) is 0 Å². The fraction of sp³-hybridized carbons (Fsp3) is 0.333. The third kappa shape index (κ3) is 2.09. The van der Waals surface area contributed by atoms with Crippen molar-refractivity contribution < 1.29 is 13.9 Å². The Bertz CT molecular complexity index is 401. The lowest BCUT2D eigenvalue weighted by molar-refractivity contribution is 0.145. The zero-order valence-corrected chi connectivity index (χ0v) is 7.74.